The fourth-order valence-corrected chi connectivity index (χ4v) is 2.56. The second-order valence-electron chi connectivity index (χ2n) is 7.98. The normalized spacial score (nSPS) is 27.5. The zero-order valence-electron chi connectivity index (χ0n) is 14.5. The molecule has 0 amide bonds. The molecule has 0 radical (unpaired) electrons. The van der Waals surface area contributed by atoms with Crippen molar-refractivity contribution in [3.05, 3.63) is 23.8 Å². The Bertz CT molecular complexity index is 479. The largest absolute Gasteiger partial charge is 0.496 e. The summed E-state index contributed by atoms with van der Waals surface area (Å²) in [5, 5.41) is 0. The third kappa shape index (κ3) is 3.09. The number of hydrogen-bond donors (Lipinski definition) is 0. The molecule has 1 atom stereocenters. The number of halogens is 2. The molecule has 0 aromatic rings. The van der Waals surface area contributed by atoms with E-state index < -0.39 is 36.3 Å². The van der Waals surface area contributed by atoms with E-state index in [1.807, 2.05) is 48.5 Å². The molecular weight excluding hydrogens is 287 g/mol. The number of nitrogens with zero attached hydrogens (tertiary/aromatic N) is 1. The minimum Gasteiger partial charge on any atom is -0.399 e. The van der Waals surface area contributed by atoms with Crippen molar-refractivity contribution in [1.82, 2.24) is 4.90 Å². The van der Waals surface area contributed by atoms with Gasteiger partial charge in [0.25, 0.3) is 6.43 Å². The van der Waals surface area contributed by atoms with Gasteiger partial charge < -0.3 is 14.2 Å². The molecule has 1 unspecified atom stereocenters. The van der Waals surface area contributed by atoms with E-state index in [0.29, 0.717) is 0 Å². The van der Waals surface area contributed by atoms with Gasteiger partial charge in [-0.05, 0) is 53.9 Å². The van der Waals surface area contributed by atoms with Gasteiger partial charge in [0.1, 0.15) is 6.04 Å². The molecule has 0 N–H and O–H groups in total. The molecule has 0 aromatic carbocycles. The Labute approximate surface area is 132 Å². The standard InChI is InChI=1S/C16H26BF2NO2/c1-14(2,3)20-10-11(8-9-12(20)13(18)19)17-21-15(4,5)16(6,7)22-17/h8-10,12-13H,1-7H3. The van der Waals surface area contributed by atoms with Crippen LogP contribution >= 0.6 is 0 Å². The first-order valence-electron chi connectivity index (χ1n) is 7.67. The summed E-state index contributed by atoms with van der Waals surface area (Å²) >= 11 is 0. The monoisotopic (exact) mass is 313 g/mol. The van der Waals surface area contributed by atoms with Gasteiger partial charge >= 0.3 is 7.12 Å². The fourth-order valence-electron chi connectivity index (χ4n) is 2.56. The quantitative estimate of drug-likeness (QED) is 0.724. The van der Waals surface area contributed by atoms with E-state index in [4.69, 9.17) is 9.31 Å². The van der Waals surface area contributed by atoms with Gasteiger partial charge in [-0.15, -0.1) is 0 Å². The van der Waals surface area contributed by atoms with Crippen LogP contribution in [0, 0.1) is 0 Å². The Kier molecular flexibility index (Phi) is 4.24. The summed E-state index contributed by atoms with van der Waals surface area (Å²) < 4.78 is 38.5. The van der Waals surface area contributed by atoms with E-state index in [2.05, 4.69) is 0 Å². The number of allylic oxidation sites excluding steroid dienone is 2. The third-order valence-corrected chi connectivity index (χ3v) is 4.65. The Balaban J connectivity index is 2.29. The molecule has 22 heavy (non-hydrogen) atoms. The molecule has 2 heterocycles. The van der Waals surface area contributed by atoms with Crippen molar-refractivity contribution < 1.29 is 18.1 Å². The highest BCUT2D eigenvalue weighted by Gasteiger charge is 2.52. The van der Waals surface area contributed by atoms with Gasteiger partial charge in [0.15, 0.2) is 0 Å². The van der Waals surface area contributed by atoms with Crippen molar-refractivity contribution in [3.63, 3.8) is 0 Å². The van der Waals surface area contributed by atoms with Crippen molar-refractivity contribution >= 4 is 7.12 Å². The van der Waals surface area contributed by atoms with Crippen LogP contribution in [-0.4, -0.2) is 41.2 Å². The summed E-state index contributed by atoms with van der Waals surface area (Å²) in [5.74, 6) is 0. The van der Waals surface area contributed by atoms with Crippen LogP contribution in [0.2, 0.25) is 0 Å². The highest BCUT2D eigenvalue weighted by Crippen LogP contribution is 2.40. The maximum atomic E-state index is 13.3. The van der Waals surface area contributed by atoms with Gasteiger partial charge in [-0.2, -0.15) is 0 Å². The van der Waals surface area contributed by atoms with E-state index in [1.54, 1.807) is 17.2 Å². The maximum Gasteiger partial charge on any atom is 0.496 e. The number of hydrogen-bond acceptors (Lipinski definition) is 3. The van der Waals surface area contributed by atoms with Gasteiger partial charge in [-0.25, -0.2) is 8.78 Å². The van der Waals surface area contributed by atoms with Crippen LogP contribution in [0.1, 0.15) is 48.5 Å². The Morgan fingerprint density at radius 2 is 1.64 bits per heavy atom. The average Bonchev–Trinajstić information content (AvgIpc) is 2.56. The van der Waals surface area contributed by atoms with Crippen LogP contribution in [0.3, 0.4) is 0 Å². The van der Waals surface area contributed by atoms with Crippen molar-refractivity contribution in [2.24, 2.45) is 0 Å². The zero-order chi connectivity index (χ0) is 16.9. The highest BCUT2D eigenvalue weighted by molar-refractivity contribution is 6.55. The summed E-state index contributed by atoms with van der Waals surface area (Å²) in [4.78, 5) is 1.68. The van der Waals surface area contributed by atoms with Crippen molar-refractivity contribution in [2.45, 2.75) is 77.7 Å². The van der Waals surface area contributed by atoms with Gasteiger partial charge in [-0.1, -0.05) is 12.2 Å². The average molecular weight is 313 g/mol. The molecule has 124 valence electrons. The lowest BCUT2D eigenvalue weighted by atomic mass is 9.76. The second-order valence-corrected chi connectivity index (χ2v) is 7.98. The summed E-state index contributed by atoms with van der Waals surface area (Å²) in [6.07, 6.45) is 2.54. The molecule has 6 heteroatoms. The Hall–Kier alpha value is -0.875. The second kappa shape index (κ2) is 5.34. The van der Waals surface area contributed by atoms with Crippen LogP contribution in [0.15, 0.2) is 23.8 Å². The third-order valence-electron chi connectivity index (χ3n) is 4.65. The Morgan fingerprint density at radius 1 is 1.14 bits per heavy atom. The van der Waals surface area contributed by atoms with Crippen molar-refractivity contribution in [2.75, 3.05) is 0 Å². The molecule has 1 fully saturated rings. The molecule has 2 rings (SSSR count). The topological polar surface area (TPSA) is 21.7 Å². The molecule has 0 aromatic heterocycles. The zero-order valence-corrected chi connectivity index (χ0v) is 14.5. The summed E-state index contributed by atoms with van der Waals surface area (Å²) in [6.45, 7) is 13.7. The first-order valence-corrected chi connectivity index (χ1v) is 7.67. The van der Waals surface area contributed by atoms with Crippen LogP contribution < -0.4 is 0 Å². The summed E-state index contributed by atoms with van der Waals surface area (Å²) in [6, 6.07) is -0.925. The maximum absolute atomic E-state index is 13.3. The minimum atomic E-state index is -2.44. The van der Waals surface area contributed by atoms with Crippen LogP contribution in [0.25, 0.3) is 0 Å². The predicted molar refractivity (Wildman–Crippen MR) is 84.7 cm³/mol. The van der Waals surface area contributed by atoms with E-state index >= 15 is 0 Å². The molecule has 0 spiro atoms. The van der Waals surface area contributed by atoms with Crippen LogP contribution in [0.5, 0.6) is 0 Å². The van der Waals surface area contributed by atoms with E-state index in [1.165, 1.54) is 6.08 Å². The van der Waals surface area contributed by atoms with Crippen molar-refractivity contribution in [1.29, 1.82) is 0 Å². The highest BCUT2D eigenvalue weighted by atomic mass is 19.3. The van der Waals surface area contributed by atoms with Gasteiger partial charge in [0.05, 0.1) is 11.2 Å². The van der Waals surface area contributed by atoms with E-state index in [-0.39, 0.29) is 0 Å². The van der Waals surface area contributed by atoms with E-state index in [9.17, 15) is 8.78 Å². The SMILES string of the molecule is CC(C)(C)N1C=C(B2OC(C)(C)C(C)(C)O2)C=CC1C(F)F. The number of alkyl halides is 2. The van der Waals surface area contributed by atoms with Crippen LogP contribution in [-0.2, 0) is 9.31 Å². The summed E-state index contributed by atoms with van der Waals surface area (Å²) in [7, 11) is -0.537. The Morgan fingerprint density at radius 3 is 2.05 bits per heavy atom. The van der Waals surface area contributed by atoms with Gasteiger partial charge in [-0.3, -0.25) is 0 Å². The molecule has 0 aliphatic carbocycles. The molecule has 1 saturated heterocycles. The lowest BCUT2D eigenvalue weighted by Gasteiger charge is -2.42. The molecule has 2 aliphatic heterocycles. The number of rotatable bonds is 2. The molecular formula is C16H26BF2NO2. The summed E-state index contributed by atoms with van der Waals surface area (Å²) in [5.41, 5.74) is -0.539. The van der Waals surface area contributed by atoms with Gasteiger partial charge in [0, 0.05) is 11.7 Å². The van der Waals surface area contributed by atoms with E-state index in [0.717, 1.165) is 5.47 Å². The smallest absolute Gasteiger partial charge is 0.399 e. The molecule has 2 aliphatic rings. The fraction of sp³-hybridized carbons (Fsp3) is 0.750. The lowest BCUT2D eigenvalue weighted by molar-refractivity contribution is 0.00578. The lowest BCUT2D eigenvalue weighted by Crippen LogP contribution is -2.49. The molecule has 0 saturated carbocycles. The van der Waals surface area contributed by atoms with Crippen LogP contribution in [0.4, 0.5) is 8.78 Å². The minimum absolute atomic E-state index is 0.416. The molecule has 0 bridgehead atoms. The van der Waals surface area contributed by atoms with Gasteiger partial charge in [0.2, 0.25) is 0 Å². The predicted octanol–water partition coefficient (Wildman–Crippen LogP) is 3.81. The first kappa shape index (κ1) is 17.5. The molecule has 3 nitrogen and oxygen atoms in total. The first-order chi connectivity index (χ1) is 9.85. The van der Waals surface area contributed by atoms with Crippen molar-refractivity contribution in [3.8, 4) is 0 Å².